The molecule has 0 aromatic heterocycles. The summed E-state index contributed by atoms with van der Waals surface area (Å²) < 4.78 is 14.8. The number of hydrogen-bond acceptors (Lipinski definition) is 6. The minimum Gasteiger partial charge on any atom is -0.545 e. The molecule has 0 fully saturated rings. The molecule has 17 heavy (non-hydrogen) atoms. The van der Waals surface area contributed by atoms with Gasteiger partial charge in [-0.05, 0) is 12.1 Å². The normalized spacial score (nSPS) is 9.59. The van der Waals surface area contributed by atoms with Gasteiger partial charge >= 0.3 is 5.97 Å². The van der Waals surface area contributed by atoms with Crippen LogP contribution in [0.15, 0.2) is 12.1 Å². The number of esters is 1. The van der Waals surface area contributed by atoms with Crippen LogP contribution in [0.5, 0.6) is 17.2 Å². The zero-order chi connectivity index (χ0) is 13.0. The van der Waals surface area contributed by atoms with Gasteiger partial charge in [-0.3, -0.25) is 4.79 Å². The molecule has 0 N–H and O–H groups in total. The molecule has 0 bridgehead atoms. The second-order valence-electron chi connectivity index (χ2n) is 3.09. The number of benzene rings is 1. The van der Waals surface area contributed by atoms with Gasteiger partial charge in [0, 0.05) is 12.5 Å². The Bertz CT molecular complexity index is 426. The number of hydrogen-bond donors (Lipinski definition) is 0. The van der Waals surface area contributed by atoms with Crippen LogP contribution in [0.4, 0.5) is 0 Å². The maximum atomic E-state index is 10.9. The fourth-order valence-corrected chi connectivity index (χ4v) is 1.24. The first kappa shape index (κ1) is 12.8. The number of carbonyl (C=O) groups excluding carboxylic acids is 2. The Morgan fingerprint density at radius 1 is 1.12 bits per heavy atom. The third kappa shape index (κ3) is 2.87. The monoisotopic (exact) mass is 239 g/mol. The molecule has 0 saturated heterocycles. The largest absolute Gasteiger partial charge is 0.545 e. The molecule has 0 atom stereocenters. The van der Waals surface area contributed by atoms with Crippen LogP contribution in [0.25, 0.3) is 0 Å². The predicted octanol–water partition coefficient (Wildman–Crippen LogP) is -0.00740. The van der Waals surface area contributed by atoms with E-state index in [4.69, 9.17) is 14.2 Å². The van der Waals surface area contributed by atoms with Gasteiger partial charge in [0.1, 0.15) is 0 Å². The highest BCUT2D eigenvalue weighted by atomic mass is 16.6. The molecule has 6 nitrogen and oxygen atoms in total. The molecule has 0 heterocycles. The molecule has 1 aromatic rings. The van der Waals surface area contributed by atoms with Crippen molar-refractivity contribution in [1.82, 2.24) is 0 Å². The van der Waals surface area contributed by atoms with Gasteiger partial charge < -0.3 is 24.1 Å². The van der Waals surface area contributed by atoms with Crippen molar-refractivity contribution in [3.63, 3.8) is 0 Å². The number of carboxylic acids is 1. The van der Waals surface area contributed by atoms with Crippen molar-refractivity contribution in [3.8, 4) is 17.2 Å². The smallest absolute Gasteiger partial charge is 0.308 e. The molecule has 0 aliphatic carbocycles. The molecule has 92 valence electrons. The lowest BCUT2D eigenvalue weighted by atomic mass is 10.2. The second-order valence-corrected chi connectivity index (χ2v) is 3.09. The number of carboxylic acid groups (broad SMARTS) is 1. The van der Waals surface area contributed by atoms with E-state index in [0.717, 1.165) is 0 Å². The fraction of sp³-hybridized carbons (Fsp3) is 0.273. The van der Waals surface area contributed by atoms with Crippen LogP contribution in [0.2, 0.25) is 0 Å². The highest BCUT2D eigenvalue weighted by Gasteiger charge is 2.16. The average Bonchev–Trinajstić information content (AvgIpc) is 2.28. The summed E-state index contributed by atoms with van der Waals surface area (Å²) in [6.45, 7) is 1.21. The van der Waals surface area contributed by atoms with E-state index in [1.165, 1.54) is 33.3 Å². The van der Waals surface area contributed by atoms with Crippen molar-refractivity contribution in [2.75, 3.05) is 14.2 Å². The second kappa shape index (κ2) is 5.20. The van der Waals surface area contributed by atoms with Gasteiger partial charge in [0.2, 0.25) is 5.75 Å². The lowest BCUT2D eigenvalue weighted by Gasteiger charge is -2.14. The van der Waals surface area contributed by atoms with E-state index in [9.17, 15) is 14.7 Å². The van der Waals surface area contributed by atoms with Crippen LogP contribution in [0.3, 0.4) is 0 Å². The molecular weight excluding hydrogens is 228 g/mol. The Morgan fingerprint density at radius 3 is 1.88 bits per heavy atom. The average molecular weight is 239 g/mol. The molecule has 0 unspecified atom stereocenters. The molecule has 0 radical (unpaired) electrons. The molecule has 1 rings (SSSR count). The maximum Gasteiger partial charge on any atom is 0.308 e. The van der Waals surface area contributed by atoms with Gasteiger partial charge in [-0.2, -0.15) is 0 Å². The van der Waals surface area contributed by atoms with Crippen LogP contribution in [0, 0.1) is 0 Å². The minimum atomic E-state index is -1.38. The van der Waals surface area contributed by atoms with E-state index in [0.29, 0.717) is 0 Å². The van der Waals surface area contributed by atoms with Crippen molar-refractivity contribution < 1.29 is 28.9 Å². The summed E-state index contributed by atoms with van der Waals surface area (Å²) in [7, 11) is 2.64. The Balaban J connectivity index is 3.35. The highest BCUT2D eigenvalue weighted by Crippen LogP contribution is 2.38. The number of ether oxygens (including phenoxy) is 3. The predicted molar refractivity (Wildman–Crippen MR) is 55.2 cm³/mol. The SMILES string of the molecule is COc1cc(C(=O)[O-])cc(OC)c1OC(C)=O. The summed E-state index contributed by atoms with van der Waals surface area (Å²) in [6.07, 6.45) is 0. The zero-order valence-electron chi connectivity index (χ0n) is 9.60. The standard InChI is InChI=1S/C11H12O6/c1-6(12)17-10-8(15-2)4-7(11(13)14)5-9(10)16-3/h4-5H,1-3H3,(H,13,14)/p-1. The first-order valence-corrected chi connectivity index (χ1v) is 4.65. The quantitative estimate of drug-likeness (QED) is 0.542. The summed E-state index contributed by atoms with van der Waals surface area (Å²) in [6, 6.07) is 2.38. The van der Waals surface area contributed by atoms with E-state index >= 15 is 0 Å². The summed E-state index contributed by atoms with van der Waals surface area (Å²) in [5.41, 5.74) is -0.130. The Labute approximate surface area is 97.7 Å². The summed E-state index contributed by atoms with van der Waals surface area (Å²) in [5.74, 6) is -1.75. The van der Waals surface area contributed by atoms with Gasteiger partial charge in [0.05, 0.1) is 20.2 Å². The first-order valence-electron chi connectivity index (χ1n) is 4.65. The van der Waals surface area contributed by atoms with Crippen LogP contribution >= 0.6 is 0 Å². The lowest BCUT2D eigenvalue weighted by Crippen LogP contribution is -2.22. The summed E-state index contributed by atoms with van der Waals surface area (Å²) >= 11 is 0. The minimum absolute atomic E-state index is 0.0347. The Kier molecular flexibility index (Phi) is 3.92. The molecular formula is C11H11O6-. The first-order chi connectivity index (χ1) is 7.99. The number of methoxy groups -OCH3 is 2. The van der Waals surface area contributed by atoms with Crippen molar-refractivity contribution in [2.24, 2.45) is 0 Å². The fourth-order valence-electron chi connectivity index (χ4n) is 1.24. The summed E-state index contributed by atoms with van der Waals surface area (Å²) in [5, 5.41) is 10.7. The third-order valence-corrected chi connectivity index (χ3v) is 1.94. The summed E-state index contributed by atoms with van der Waals surface area (Å²) in [4.78, 5) is 21.6. The Morgan fingerprint density at radius 2 is 1.59 bits per heavy atom. The van der Waals surface area contributed by atoms with Crippen molar-refractivity contribution in [2.45, 2.75) is 6.92 Å². The van der Waals surface area contributed by atoms with Crippen LogP contribution < -0.4 is 19.3 Å². The van der Waals surface area contributed by atoms with Gasteiger partial charge in [-0.15, -0.1) is 0 Å². The van der Waals surface area contributed by atoms with Gasteiger partial charge in [-0.1, -0.05) is 0 Å². The molecule has 1 aromatic carbocycles. The molecule has 0 saturated carbocycles. The van der Waals surface area contributed by atoms with E-state index in [1.807, 2.05) is 0 Å². The molecule has 6 heteroatoms. The Hall–Kier alpha value is -2.24. The van der Waals surface area contributed by atoms with E-state index in [1.54, 1.807) is 0 Å². The maximum absolute atomic E-state index is 10.9. The van der Waals surface area contributed by atoms with Gasteiger partial charge in [-0.25, -0.2) is 0 Å². The number of carbonyl (C=O) groups is 2. The van der Waals surface area contributed by atoms with Crippen molar-refractivity contribution in [1.29, 1.82) is 0 Å². The number of aromatic carboxylic acids is 1. The van der Waals surface area contributed by atoms with Gasteiger partial charge in [0.25, 0.3) is 0 Å². The van der Waals surface area contributed by atoms with E-state index in [2.05, 4.69) is 0 Å². The lowest BCUT2D eigenvalue weighted by molar-refractivity contribution is -0.255. The third-order valence-electron chi connectivity index (χ3n) is 1.94. The van der Waals surface area contributed by atoms with Crippen molar-refractivity contribution >= 4 is 11.9 Å². The topological polar surface area (TPSA) is 84.9 Å². The van der Waals surface area contributed by atoms with E-state index < -0.39 is 11.9 Å². The molecule has 0 amide bonds. The highest BCUT2D eigenvalue weighted by molar-refractivity contribution is 5.88. The van der Waals surface area contributed by atoms with Gasteiger partial charge in [0.15, 0.2) is 11.5 Å². The molecule has 0 aliphatic rings. The van der Waals surface area contributed by atoms with Crippen LogP contribution in [-0.4, -0.2) is 26.2 Å². The number of rotatable bonds is 4. The molecule has 0 aliphatic heterocycles. The molecule has 0 spiro atoms. The van der Waals surface area contributed by atoms with Crippen LogP contribution in [0.1, 0.15) is 17.3 Å². The van der Waals surface area contributed by atoms with Crippen LogP contribution in [-0.2, 0) is 4.79 Å². The zero-order valence-corrected chi connectivity index (χ0v) is 9.60. The van der Waals surface area contributed by atoms with E-state index in [-0.39, 0.29) is 22.8 Å². The van der Waals surface area contributed by atoms with Crippen molar-refractivity contribution in [3.05, 3.63) is 17.7 Å².